The quantitative estimate of drug-likeness (QED) is 0.794. The summed E-state index contributed by atoms with van der Waals surface area (Å²) in [5.74, 6) is 0.824. The first-order valence-corrected chi connectivity index (χ1v) is 7.89. The molecule has 0 aliphatic heterocycles. The van der Waals surface area contributed by atoms with E-state index in [1.54, 1.807) is 0 Å². The number of likely N-dealkylation sites (N-methyl/N-ethyl adjacent to an activating group) is 1. The van der Waals surface area contributed by atoms with Gasteiger partial charge >= 0.3 is 0 Å². The van der Waals surface area contributed by atoms with E-state index in [2.05, 4.69) is 48.3 Å². The predicted molar refractivity (Wildman–Crippen MR) is 83.9 cm³/mol. The summed E-state index contributed by atoms with van der Waals surface area (Å²) >= 11 is 0. The topological polar surface area (TPSA) is 15.3 Å². The smallest absolute Gasteiger partial charge is 0.0340 e. The summed E-state index contributed by atoms with van der Waals surface area (Å²) in [7, 11) is 0. The van der Waals surface area contributed by atoms with Gasteiger partial charge in [-0.1, -0.05) is 38.8 Å². The fourth-order valence-electron chi connectivity index (χ4n) is 3.03. The van der Waals surface area contributed by atoms with Crippen LogP contribution >= 0.6 is 0 Å². The molecule has 1 aromatic rings. The molecule has 2 heteroatoms. The summed E-state index contributed by atoms with van der Waals surface area (Å²) < 4.78 is 0. The lowest BCUT2D eigenvalue weighted by Gasteiger charge is -2.18. The summed E-state index contributed by atoms with van der Waals surface area (Å²) in [6, 6.07) is 9.12. The highest BCUT2D eigenvalue weighted by Crippen LogP contribution is 2.34. The van der Waals surface area contributed by atoms with Crippen molar-refractivity contribution in [3.05, 3.63) is 29.8 Å². The van der Waals surface area contributed by atoms with Gasteiger partial charge in [-0.05, 0) is 49.5 Å². The molecular formula is C17H28N2. The molecule has 2 rings (SSSR count). The van der Waals surface area contributed by atoms with Crippen LogP contribution in [0.25, 0.3) is 0 Å². The Morgan fingerprint density at radius 3 is 2.26 bits per heavy atom. The van der Waals surface area contributed by atoms with Crippen LogP contribution in [0.2, 0.25) is 0 Å². The van der Waals surface area contributed by atoms with Crippen molar-refractivity contribution >= 4 is 5.69 Å². The molecule has 0 amide bonds. The van der Waals surface area contributed by atoms with Gasteiger partial charge < -0.3 is 10.2 Å². The average Bonchev–Trinajstić information content (AvgIpc) is 2.98. The molecule has 1 aliphatic carbocycles. The zero-order valence-corrected chi connectivity index (χ0v) is 12.5. The van der Waals surface area contributed by atoms with Gasteiger partial charge in [-0.25, -0.2) is 0 Å². The lowest BCUT2D eigenvalue weighted by Crippen LogP contribution is -2.28. The van der Waals surface area contributed by atoms with Gasteiger partial charge in [0.05, 0.1) is 0 Å². The van der Waals surface area contributed by atoms with E-state index < -0.39 is 0 Å². The van der Waals surface area contributed by atoms with Crippen molar-refractivity contribution in [2.24, 2.45) is 0 Å². The van der Waals surface area contributed by atoms with Crippen molar-refractivity contribution in [2.75, 3.05) is 31.5 Å². The van der Waals surface area contributed by atoms with Gasteiger partial charge in [0.25, 0.3) is 0 Å². The largest absolute Gasteiger partial charge is 0.384 e. The van der Waals surface area contributed by atoms with Gasteiger partial charge in [0.2, 0.25) is 0 Å². The molecule has 0 atom stereocenters. The molecule has 0 saturated heterocycles. The summed E-state index contributed by atoms with van der Waals surface area (Å²) in [5.41, 5.74) is 2.79. The number of nitrogens with one attached hydrogen (secondary N) is 1. The highest BCUT2D eigenvalue weighted by Gasteiger charge is 2.16. The van der Waals surface area contributed by atoms with E-state index in [0.717, 1.165) is 32.1 Å². The highest BCUT2D eigenvalue weighted by atomic mass is 15.1. The second-order valence-corrected chi connectivity index (χ2v) is 5.56. The summed E-state index contributed by atoms with van der Waals surface area (Å²) in [4.78, 5) is 2.44. The monoisotopic (exact) mass is 260 g/mol. The van der Waals surface area contributed by atoms with Crippen molar-refractivity contribution < 1.29 is 0 Å². The third kappa shape index (κ3) is 4.24. The SMILES string of the molecule is CCN(CC)CCNc1ccc(C2CCCC2)cc1. The Morgan fingerprint density at radius 1 is 1.05 bits per heavy atom. The molecule has 0 radical (unpaired) electrons. The lowest BCUT2D eigenvalue weighted by atomic mass is 9.98. The molecule has 1 aromatic carbocycles. The molecule has 0 aromatic heterocycles. The molecule has 1 fully saturated rings. The van der Waals surface area contributed by atoms with Crippen molar-refractivity contribution in [1.29, 1.82) is 0 Å². The van der Waals surface area contributed by atoms with Crippen LogP contribution in [0.3, 0.4) is 0 Å². The van der Waals surface area contributed by atoms with E-state index in [0.29, 0.717) is 0 Å². The molecule has 19 heavy (non-hydrogen) atoms. The maximum atomic E-state index is 3.52. The second kappa shape index (κ2) is 7.54. The minimum Gasteiger partial charge on any atom is -0.384 e. The van der Waals surface area contributed by atoms with Crippen LogP contribution in [-0.2, 0) is 0 Å². The summed E-state index contributed by atoms with van der Waals surface area (Å²) in [5, 5.41) is 3.52. The first-order chi connectivity index (χ1) is 9.33. The van der Waals surface area contributed by atoms with E-state index in [9.17, 15) is 0 Å². The van der Waals surface area contributed by atoms with Crippen LogP contribution in [0, 0.1) is 0 Å². The molecule has 0 heterocycles. The number of rotatable bonds is 7. The van der Waals surface area contributed by atoms with E-state index in [-0.39, 0.29) is 0 Å². The van der Waals surface area contributed by atoms with Crippen LogP contribution in [0.5, 0.6) is 0 Å². The molecule has 0 unspecified atom stereocenters. The molecule has 1 N–H and O–H groups in total. The Balaban J connectivity index is 1.78. The first kappa shape index (κ1) is 14.4. The Hall–Kier alpha value is -1.02. The molecule has 0 spiro atoms. The zero-order chi connectivity index (χ0) is 13.5. The molecule has 2 nitrogen and oxygen atoms in total. The van der Waals surface area contributed by atoms with Crippen molar-refractivity contribution in [1.82, 2.24) is 4.90 Å². The summed E-state index contributed by atoms with van der Waals surface area (Å²) in [6.07, 6.45) is 5.59. The minimum atomic E-state index is 0.824. The van der Waals surface area contributed by atoms with E-state index >= 15 is 0 Å². The van der Waals surface area contributed by atoms with Crippen LogP contribution in [0.1, 0.15) is 51.0 Å². The van der Waals surface area contributed by atoms with Gasteiger partial charge in [0.15, 0.2) is 0 Å². The maximum Gasteiger partial charge on any atom is 0.0340 e. The summed E-state index contributed by atoms with van der Waals surface area (Å²) in [6.45, 7) is 8.87. The second-order valence-electron chi connectivity index (χ2n) is 5.56. The minimum absolute atomic E-state index is 0.824. The number of hydrogen-bond acceptors (Lipinski definition) is 2. The van der Waals surface area contributed by atoms with Crippen molar-refractivity contribution in [3.8, 4) is 0 Å². The Morgan fingerprint density at radius 2 is 1.68 bits per heavy atom. The van der Waals surface area contributed by atoms with E-state index in [1.807, 2.05) is 0 Å². The van der Waals surface area contributed by atoms with Gasteiger partial charge in [-0.15, -0.1) is 0 Å². The number of nitrogens with zero attached hydrogens (tertiary/aromatic N) is 1. The molecule has 1 aliphatic rings. The number of hydrogen-bond donors (Lipinski definition) is 1. The van der Waals surface area contributed by atoms with Crippen molar-refractivity contribution in [2.45, 2.75) is 45.4 Å². The standard InChI is InChI=1S/C17H28N2/c1-3-19(4-2)14-13-18-17-11-9-16(10-12-17)15-7-5-6-8-15/h9-12,15,18H,3-8,13-14H2,1-2H3. The predicted octanol–water partition coefficient (Wildman–Crippen LogP) is 4.10. The molecule has 1 saturated carbocycles. The van der Waals surface area contributed by atoms with Crippen LogP contribution in [0.4, 0.5) is 5.69 Å². The van der Waals surface area contributed by atoms with Gasteiger partial charge in [-0.2, -0.15) is 0 Å². The Labute approximate surface area is 118 Å². The fourth-order valence-corrected chi connectivity index (χ4v) is 3.03. The number of benzene rings is 1. The molecule has 106 valence electrons. The Kier molecular flexibility index (Phi) is 5.71. The average molecular weight is 260 g/mol. The molecule has 0 bridgehead atoms. The maximum absolute atomic E-state index is 3.52. The Bertz CT molecular complexity index is 348. The van der Waals surface area contributed by atoms with E-state index in [4.69, 9.17) is 0 Å². The normalized spacial score (nSPS) is 16.2. The van der Waals surface area contributed by atoms with Gasteiger partial charge in [0, 0.05) is 18.8 Å². The third-order valence-electron chi connectivity index (χ3n) is 4.39. The number of anilines is 1. The van der Waals surface area contributed by atoms with Crippen molar-refractivity contribution in [3.63, 3.8) is 0 Å². The van der Waals surface area contributed by atoms with Crippen LogP contribution in [0.15, 0.2) is 24.3 Å². The van der Waals surface area contributed by atoms with Gasteiger partial charge in [-0.3, -0.25) is 0 Å². The zero-order valence-electron chi connectivity index (χ0n) is 12.5. The van der Waals surface area contributed by atoms with Gasteiger partial charge in [0.1, 0.15) is 0 Å². The third-order valence-corrected chi connectivity index (χ3v) is 4.39. The molecular weight excluding hydrogens is 232 g/mol. The first-order valence-electron chi connectivity index (χ1n) is 7.89. The highest BCUT2D eigenvalue weighted by molar-refractivity contribution is 5.45. The lowest BCUT2D eigenvalue weighted by molar-refractivity contribution is 0.316. The fraction of sp³-hybridized carbons (Fsp3) is 0.647. The van der Waals surface area contributed by atoms with Crippen LogP contribution in [-0.4, -0.2) is 31.1 Å². The van der Waals surface area contributed by atoms with Crippen LogP contribution < -0.4 is 5.32 Å². The van der Waals surface area contributed by atoms with E-state index in [1.165, 1.54) is 36.9 Å².